The zero-order chi connectivity index (χ0) is 19.2. The number of aromatic nitrogens is 2. The van der Waals surface area contributed by atoms with Gasteiger partial charge in [-0.25, -0.2) is 0 Å². The number of hydrogen-bond donors (Lipinski definition) is 1. The van der Waals surface area contributed by atoms with Crippen molar-refractivity contribution in [3.05, 3.63) is 66.1 Å². The third kappa shape index (κ3) is 4.59. The van der Waals surface area contributed by atoms with Gasteiger partial charge in [0, 0.05) is 53.4 Å². The average molecular weight is 358 g/mol. The highest BCUT2D eigenvalue weighted by molar-refractivity contribution is 6.12. The van der Waals surface area contributed by atoms with Crippen molar-refractivity contribution in [3.63, 3.8) is 0 Å². The molecule has 0 aliphatic carbocycles. The molecule has 2 heterocycles. The van der Waals surface area contributed by atoms with E-state index in [1.165, 1.54) is 0 Å². The van der Waals surface area contributed by atoms with Crippen molar-refractivity contribution in [1.29, 1.82) is 0 Å². The van der Waals surface area contributed by atoms with Crippen LogP contribution in [0, 0.1) is 12.8 Å². The van der Waals surface area contributed by atoms with Crippen LogP contribution in [0.2, 0.25) is 0 Å². The van der Waals surface area contributed by atoms with E-state index in [-0.39, 0.29) is 0 Å². The highest BCUT2D eigenvalue weighted by Gasteiger charge is 2.11. The summed E-state index contributed by atoms with van der Waals surface area (Å²) in [6, 6.07) is 12.3. The van der Waals surface area contributed by atoms with Gasteiger partial charge in [-0.05, 0) is 43.0 Å². The van der Waals surface area contributed by atoms with Gasteiger partial charge in [-0.15, -0.1) is 0 Å². The molecule has 0 bridgehead atoms. The molecule has 0 amide bonds. The molecule has 4 nitrogen and oxygen atoms in total. The summed E-state index contributed by atoms with van der Waals surface area (Å²) < 4.78 is 0. The second-order valence-electron chi connectivity index (χ2n) is 7.16. The number of nitrogens with zero attached hydrogens (tertiary/aromatic N) is 3. The first-order chi connectivity index (χ1) is 13.1. The summed E-state index contributed by atoms with van der Waals surface area (Å²) in [5, 5.41) is 1.11. The average Bonchev–Trinajstić information content (AvgIpc) is 2.67. The van der Waals surface area contributed by atoms with Gasteiger partial charge in [-0.1, -0.05) is 32.0 Å². The predicted octanol–water partition coefficient (Wildman–Crippen LogP) is 5.02. The maximum absolute atomic E-state index is 5.94. The minimum absolute atomic E-state index is 0.633. The first-order valence-corrected chi connectivity index (χ1v) is 9.32. The van der Waals surface area contributed by atoms with Gasteiger partial charge in [0.05, 0.1) is 11.2 Å². The van der Waals surface area contributed by atoms with Gasteiger partial charge in [-0.3, -0.25) is 15.0 Å². The summed E-state index contributed by atoms with van der Waals surface area (Å²) >= 11 is 0. The zero-order valence-electron chi connectivity index (χ0n) is 16.2. The second kappa shape index (κ2) is 8.58. The number of fused-ring (bicyclic) bond motifs is 1. The lowest BCUT2D eigenvalue weighted by molar-refractivity contribution is 0.598. The van der Waals surface area contributed by atoms with Crippen LogP contribution in [0.15, 0.2) is 60.0 Å². The topological polar surface area (TPSA) is 64.2 Å². The first kappa shape index (κ1) is 18.8. The lowest BCUT2D eigenvalue weighted by Crippen LogP contribution is -1.99. The molecule has 0 unspecified atom stereocenters. The normalized spacial score (nSPS) is 12.4. The Morgan fingerprint density at radius 2 is 2.04 bits per heavy atom. The second-order valence-corrected chi connectivity index (χ2v) is 7.16. The van der Waals surface area contributed by atoms with E-state index in [0.717, 1.165) is 51.8 Å². The highest BCUT2D eigenvalue weighted by atomic mass is 14.7. The lowest BCUT2D eigenvalue weighted by atomic mass is 9.98. The minimum atomic E-state index is 0.633. The fourth-order valence-corrected chi connectivity index (χ4v) is 2.93. The Kier molecular flexibility index (Phi) is 5.97. The summed E-state index contributed by atoms with van der Waals surface area (Å²) in [6.07, 6.45) is 8.22. The third-order valence-electron chi connectivity index (χ3n) is 4.46. The highest BCUT2D eigenvalue weighted by Crippen LogP contribution is 2.29. The monoisotopic (exact) mass is 358 g/mol. The summed E-state index contributed by atoms with van der Waals surface area (Å²) in [6.45, 7) is 7.23. The number of allylic oxidation sites excluding steroid dienone is 1. The number of pyridine rings is 2. The number of aryl methyl sites for hydroxylation is 1. The SMILES string of the molecule is Cc1cnc(-c2ccc3cccnc3c2)c(/C(C=NCCC(C)C)=C/N)c1. The molecular formula is C23H26N4. The van der Waals surface area contributed by atoms with Crippen molar-refractivity contribution < 1.29 is 0 Å². The molecular weight excluding hydrogens is 332 g/mol. The van der Waals surface area contributed by atoms with Crippen LogP contribution in [-0.2, 0) is 0 Å². The Bertz CT molecular complexity index is 987. The third-order valence-corrected chi connectivity index (χ3v) is 4.46. The van der Waals surface area contributed by atoms with Crippen molar-refractivity contribution in [2.75, 3.05) is 6.54 Å². The summed E-state index contributed by atoms with van der Waals surface area (Å²) in [5.74, 6) is 0.633. The van der Waals surface area contributed by atoms with Crippen LogP contribution in [0.4, 0.5) is 0 Å². The van der Waals surface area contributed by atoms with Crippen LogP contribution in [0.1, 0.15) is 31.4 Å². The van der Waals surface area contributed by atoms with E-state index in [1.807, 2.05) is 31.6 Å². The first-order valence-electron chi connectivity index (χ1n) is 9.32. The lowest BCUT2D eigenvalue weighted by Gasteiger charge is -2.11. The maximum Gasteiger partial charge on any atom is 0.0782 e. The number of nitrogens with two attached hydrogens (primary N) is 1. The Hall–Kier alpha value is -3.01. The molecule has 0 saturated heterocycles. The van der Waals surface area contributed by atoms with Gasteiger partial charge in [0.2, 0.25) is 0 Å². The van der Waals surface area contributed by atoms with Crippen molar-refractivity contribution in [2.24, 2.45) is 16.6 Å². The molecule has 2 N–H and O–H groups in total. The Labute approximate surface area is 160 Å². The van der Waals surface area contributed by atoms with Crippen molar-refractivity contribution in [1.82, 2.24) is 9.97 Å². The van der Waals surface area contributed by atoms with Crippen LogP contribution in [0.5, 0.6) is 0 Å². The fourth-order valence-electron chi connectivity index (χ4n) is 2.93. The summed E-state index contributed by atoms with van der Waals surface area (Å²) in [7, 11) is 0. The van der Waals surface area contributed by atoms with E-state index in [9.17, 15) is 0 Å². The maximum atomic E-state index is 5.94. The van der Waals surface area contributed by atoms with Crippen LogP contribution in [0.3, 0.4) is 0 Å². The molecule has 0 radical (unpaired) electrons. The molecule has 0 aliphatic rings. The van der Waals surface area contributed by atoms with Gasteiger partial charge in [0.15, 0.2) is 0 Å². The molecule has 0 atom stereocenters. The Morgan fingerprint density at radius 1 is 1.19 bits per heavy atom. The van der Waals surface area contributed by atoms with Crippen LogP contribution < -0.4 is 5.73 Å². The van der Waals surface area contributed by atoms with Crippen molar-refractivity contribution in [3.8, 4) is 11.3 Å². The molecule has 2 aromatic heterocycles. The van der Waals surface area contributed by atoms with Crippen molar-refractivity contribution >= 4 is 22.7 Å². The van der Waals surface area contributed by atoms with Crippen LogP contribution in [0.25, 0.3) is 27.7 Å². The summed E-state index contributed by atoms with van der Waals surface area (Å²) in [4.78, 5) is 13.7. The van der Waals surface area contributed by atoms with Crippen molar-refractivity contribution in [2.45, 2.75) is 27.2 Å². The molecule has 138 valence electrons. The molecule has 27 heavy (non-hydrogen) atoms. The molecule has 0 spiro atoms. The van der Waals surface area contributed by atoms with E-state index in [2.05, 4.69) is 54.2 Å². The molecule has 3 rings (SSSR count). The van der Waals surface area contributed by atoms with Gasteiger partial charge in [0.25, 0.3) is 0 Å². The van der Waals surface area contributed by atoms with E-state index >= 15 is 0 Å². The Morgan fingerprint density at radius 3 is 2.81 bits per heavy atom. The van der Waals surface area contributed by atoms with Gasteiger partial charge >= 0.3 is 0 Å². The largest absolute Gasteiger partial charge is 0.404 e. The molecule has 4 heteroatoms. The van der Waals surface area contributed by atoms with E-state index in [1.54, 1.807) is 6.20 Å². The smallest absolute Gasteiger partial charge is 0.0782 e. The number of hydrogen-bond acceptors (Lipinski definition) is 4. The standard InChI is InChI=1S/C23H26N4/c1-16(2)8-10-25-15-20(13-24)21-11-17(3)14-27-23(21)19-7-6-18-5-4-9-26-22(18)12-19/h4-7,9,11-16H,8,10,24H2,1-3H3/b20-13+,25-15?. The molecule has 0 saturated carbocycles. The van der Waals surface area contributed by atoms with Crippen LogP contribution in [-0.4, -0.2) is 22.7 Å². The predicted molar refractivity (Wildman–Crippen MR) is 115 cm³/mol. The van der Waals surface area contributed by atoms with Gasteiger partial charge in [0.1, 0.15) is 0 Å². The van der Waals surface area contributed by atoms with Gasteiger partial charge in [-0.2, -0.15) is 0 Å². The number of aliphatic imine (C=N–C) groups is 1. The van der Waals surface area contributed by atoms with Gasteiger partial charge < -0.3 is 5.73 Å². The Balaban J connectivity index is 2.01. The summed E-state index contributed by atoms with van der Waals surface area (Å²) in [5.41, 5.74) is 11.8. The number of rotatable bonds is 6. The number of benzene rings is 1. The minimum Gasteiger partial charge on any atom is -0.404 e. The van der Waals surface area contributed by atoms with E-state index in [4.69, 9.17) is 10.7 Å². The van der Waals surface area contributed by atoms with E-state index in [0.29, 0.717) is 5.92 Å². The quantitative estimate of drug-likeness (QED) is 0.629. The molecule has 0 fully saturated rings. The van der Waals surface area contributed by atoms with Crippen LogP contribution >= 0.6 is 0 Å². The fraction of sp³-hybridized carbons (Fsp3) is 0.261. The zero-order valence-corrected chi connectivity index (χ0v) is 16.2. The molecule has 3 aromatic rings. The molecule has 0 aliphatic heterocycles. The molecule has 1 aromatic carbocycles. The van der Waals surface area contributed by atoms with E-state index < -0.39 is 0 Å².